The molecule has 0 spiro atoms. The molecule has 1 aliphatic rings. The number of halogens is 1. The van der Waals surface area contributed by atoms with Crippen molar-refractivity contribution in [3.63, 3.8) is 0 Å². The lowest BCUT2D eigenvalue weighted by Crippen LogP contribution is -2.31. The van der Waals surface area contributed by atoms with Crippen molar-refractivity contribution in [2.24, 2.45) is 0 Å². The van der Waals surface area contributed by atoms with Crippen molar-refractivity contribution >= 4 is 34.8 Å². The fourth-order valence-corrected chi connectivity index (χ4v) is 4.88. The average molecular weight is 533 g/mol. The van der Waals surface area contributed by atoms with Crippen LogP contribution in [0.15, 0.2) is 66.7 Å². The molecular weight excluding hydrogens is 496 g/mol. The summed E-state index contributed by atoms with van der Waals surface area (Å²) < 4.78 is 0. The second-order valence-corrected chi connectivity index (χ2v) is 10.4. The number of anilines is 2. The van der Waals surface area contributed by atoms with Crippen LogP contribution in [0.1, 0.15) is 70.4 Å². The van der Waals surface area contributed by atoms with Crippen LogP contribution < -0.4 is 21.1 Å². The van der Waals surface area contributed by atoms with E-state index in [-0.39, 0.29) is 11.8 Å². The number of hydrogen-bond acceptors (Lipinski definition) is 4. The Labute approximate surface area is 230 Å². The zero-order chi connectivity index (χ0) is 26.7. The van der Waals surface area contributed by atoms with Crippen molar-refractivity contribution in [3.05, 3.63) is 94.0 Å². The van der Waals surface area contributed by atoms with Gasteiger partial charge in [0.05, 0.1) is 11.3 Å². The fraction of sp³-hybridized carbons (Fsp3) is 0.355. The highest BCUT2D eigenvalue weighted by molar-refractivity contribution is 6.31. The number of benzene rings is 3. The standard InChI is InChI=1S/C31H37ClN4O2/c1-23-8-15-27(16-9-23)34-35-30(37)25-12-10-24(11-13-25)18-19-33-31(38)28-22-26(32)14-17-29(28)36-20-6-4-2-3-5-7-21-36/h8-17,22,34H,2-7,18-21H2,1H3,(H,33,38)(H,35,37). The first-order chi connectivity index (χ1) is 18.5. The molecule has 0 saturated carbocycles. The van der Waals surface area contributed by atoms with E-state index in [1.807, 2.05) is 55.5 Å². The topological polar surface area (TPSA) is 73.5 Å². The molecule has 0 aromatic heterocycles. The Kier molecular flexibility index (Phi) is 10.0. The Balaban J connectivity index is 1.30. The highest BCUT2D eigenvalue weighted by Crippen LogP contribution is 2.26. The van der Waals surface area contributed by atoms with Crippen LogP contribution in [0.4, 0.5) is 11.4 Å². The normalized spacial score (nSPS) is 14.1. The lowest BCUT2D eigenvalue weighted by molar-refractivity contribution is 0.0950. The quantitative estimate of drug-likeness (QED) is 0.288. The van der Waals surface area contributed by atoms with Gasteiger partial charge in [0, 0.05) is 35.9 Å². The summed E-state index contributed by atoms with van der Waals surface area (Å²) >= 11 is 6.28. The molecule has 0 aliphatic carbocycles. The molecule has 0 bridgehead atoms. The first-order valence-corrected chi connectivity index (χ1v) is 13.9. The van der Waals surface area contributed by atoms with Crippen molar-refractivity contribution in [1.29, 1.82) is 0 Å². The van der Waals surface area contributed by atoms with E-state index >= 15 is 0 Å². The summed E-state index contributed by atoms with van der Waals surface area (Å²) in [6, 6.07) is 20.8. The zero-order valence-electron chi connectivity index (χ0n) is 22.1. The largest absolute Gasteiger partial charge is 0.371 e. The molecule has 1 saturated heterocycles. The van der Waals surface area contributed by atoms with Crippen LogP contribution in [0, 0.1) is 6.92 Å². The monoisotopic (exact) mass is 532 g/mol. The molecule has 3 aromatic carbocycles. The maximum Gasteiger partial charge on any atom is 0.269 e. The van der Waals surface area contributed by atoms with Crippen LogP contribution in [-0.2, 0) is 6.42 Å². The minimum Gasteiger partial charge on any atom is -0.371 e. The molecule has 200 valence electrons. The SMILES string of the molecule is Cc1ccc(NNC(=O)c2ccc(CCNC(=O)c3cc(Cl)ccc3N3CCCCCCCC3)cc2)cc1. The van der Waals surface area contributed by atoms with E-state index in [9.17, 15) is 9.59 Å². The maximum atomic E-state index is 13.2. The Morgan fingerprint density at radius 3 is 2.16 bits per heavy atom. The number of carbonyl (C=O) groups is 2. The van der Waals surface area contributed by atoms with Gasteiger partial charge < -0.3 is 10.2 Å². The third-order valence-electron chi connectivity index (χ3n) is 6.94. The van der Waals surface area contributed by atoms with Crippen LogP contribution in [0.25, 0.3) is 0 Å². The van der Waals surface area contributed by atoms with E-state index in [1.165, 1.54) is 25.7 Å². The lowest BCUT2D eigenvalue weighted by Gasteiger charge is -2.26. The van der Waals surface area contributed by atoms with Gasteiger partial charge in [0.25, 0.3) is 11.8 Å². The smallest absolute Gasteiger partial charge is 0.269 e. The minimum absolute atomic E-state index is 0.111. The number of hydrogen-bond donors (Lipinski definition) is 3. The summed E-state index contributed by atoms with van der Waals surface area (Å²) in [6.45, 7) is 4.43. The highest BCUT2D eigenvalue weighted by Gasteiger charge is 2.18. The molecule has 3 N–H and O–H groups in total. The van der Waals surface area contributed by atoms with E-state index < -0.39 is 0 Å². The third-order valence-corrected chi connectivity index (χ3v) is 7.17. The molecule has 1 heterocycles. The van der Waals surface area contributed by atoms with Crippen LogP contribution >= 0.6 is 11.6 Å². The summed E-state index contributed by atoms with van der Waals surface area (Å²) in [5, 5.41) is 3.62. The lowest BCUT2D eigenvalue weighted by atomic mass is 10.1. The van der Waals surface area contributed by atoms with Crippen molar-refractivity contribution in [2.75, 3.05) is 30.0 Å². The van der Waals surface area contributed by atoms with E-state index in [0.717, 1.165) is 48.4 Å². The summed E-state index contributed by atoms with van der Waals surface area (Å²) in [6.07, 6.45) is 7.98. The molecule has 4 rings (SSSR count). The van der Waals surface area contributed by atoms with Gasteiger partial charge in [-0.3, -0.25) is 20.4 Å². The molecule has 38 heavy (non-hydrogen) atoms. The number of nitrogens with zero attached hydrogens (tertiary/aromatic N) is 1. The molecule has 0 atom stereocenters. The summed E-state index contributed by atoms with van der Waals surface area (Å²) in [5.74, 6) is -0.320. The number of carbonyl (C=O) groups excluding carboxylic acids is 2. The van der Waals surface area contributed by atoms with Crippen LogP contribution in [0.3, 0.4) is 0 Å². The third kappa shape index (κ3) is 7.99. The van der Waals surface area contributed by atoms with E-state index in [4.69, 9.17) is 11.6 Å². The molecule has 6 nitrogen and oxygen atoms in total. The number of rotatable bonds is 8. The van der Waals surface area contributed by atoms with Gasteiger partial charge in [0.15, 0.2) is 0 Å². The number of hydrazine groups is 1. The van der Waals surface area contributed by atoms with Gasteiger partial charge in [-0.1, -0.05) is 67.1 Å². The Morgan fingerprint density at radius 1 is 0.816 bits per heavy atom. The maximum absolute atomic E-state index is 13.2. The first-order valence-electron chi connectivity index (χ1n) is 13.5. The highest BCUT2D eigenvalue weighted by atomic mass is 35.5. The summed E-state index contributed by atoms with van der Waals surface area (Å²) in [5.41, 5.74) is 10.8. The second-order valence-electron chi connectivity index (χ2n) is 9.92. The van der Waals surface area contributed by atoms with Crippen LogP contribution in [0.2, 0.25) is 5.02 Å². The Hall–Kier alpha value is -3.51. The van der Waals surface area contributed by atoms with Gasteiger partial charge in [-0.25, -0.2) is 0 Å². The number of amides is 2. The Bertz CT molecular complexity index is 1200. The van der Waals surface area contributed by atoms with Crippen molar-refractivity contribution in [2.45, 2.75) is 51.9 Å². The van der Waals surface area contributed by atoms with Gasteiger partial charge in [0.1, 0.15) is 0 Å². The van der Waals surface area contributed by atoms with E-state index in [2.05, 4.69) is 21.1 Å². The molecule has 1 fully saturated rings. The van der Waals surface area contributed by atoms with Crippen LogP contribution in [0.5, 0.6) is 0 Å². The molecule has 3 aromatic rings. The minimum atomic E-state index is -0.209. The van der Waals surface area contributed by atoms with Gasteiger partial charge in [-0.15, -0.1) is 0 Å². The van der Waals surface area contributed by atoms with Gasteiger partial charge in [-0.05, 0) is 74.2 Å². The predicted octanol–water partition coefficient (Wildman–Crippen LogP) is 6.54. The van der Waals surface area contributed by atoms with Crippen LogP contribution in [-0.4, -0.2) is 31.4 Å². The summed E-state index contributed by atoms with van der Waals surface area (Å²) in [7, 11) is 0. The molecule has 7 heteroatoms. The average Bonchev–Trinajstić information content (AvgIpc) is 3.07. The van der Waals surface area contributed by atoms with Gasteiger partial charge in [-0.2, -0.15) is 0 Å². The second kappa shape index (κ2) is 13.9. The summed E-state index contributed by atoms with van der Waals surface area (Å²) in [4.78, 5) is 28.0. The first kappa shape index (κ1) is 27.5. The molecule has 0 radical (unpaired) electrons. The number of nitrogens with one attached hydrogen (secondary N) is 3. The Morgan fingerprint density at radius 2 is 1.47 bits per heavy atom. The van der Waals surface area contributed by atoms with E-state index in [1.54, 1.807) is 18.2 Å². The molecule has 1 aliphatic heterocycles. The van der Waals surface area contributed by atoms with E-state index in [0.29, 0.717) is 29.1 Å². The predicted molar refractivity (Wildman–Crippen MR) is 156 cm³/mol. The number of aryl methyl sites for hydroxylation is 1. The van der Waals surface area contributed by atoms with Crippen molar-refractivity contribution in [1.82, 2.24) is 10.7 Å². The zero-order valence-corrected chi connectivity index (χ0v) is 22.8. The molecule has 2 amide bonds. The molecular formula is C31H37ClN4O2. The van der Waals surface area contributed by atoms with Gasteiger partial charge in [0.2, 0.25) is 0 Å². The fourth-order valence-electron chi connectivity index (χ4n) is 4.71. The van der Waals surface area contributed by atoms with Crippen molar-refractivity contribution < 1.29 is 9.59 Å². The van der Waals surface area contributed by atoms with Gasteiger partial charge >= 0.3 is 0 Å². The van der Waals surface area contributed by atoms with Crippen molar-refractivity contribution in [3.8, 4) is 0 Å². The molecule has 0 unspecified atom stereocenters.